The summed E-state index contributed by atoms with van der Waals surface area (Å²) in [4.78, 5) is 0. The van der Waals surface area contributed by atoms with E-state index >= 15 is 0 Å². The van der Waals surface area contributed by atoms with E-state index in [2.05, 4.69) is 75.1 Å². The van der Waals surface area contributed by atoms with Gasteiger partial charge in [-0.1, -0.05) is 55.0 Å². The molecule has 2 heteroatoms. The van der Waals surface area contributed by atoms with Gasteiger partial charge in [0, 0.05) is 24.0 Å². The molecule has 2 aromatic carbocycles. The molecule has 2 N–H and O–H groups in total. The maximum absolute atomic E-state index is 7.92. The Labute approximate surface area is 145 Å². The molecule has 0 atom stereocenters. The van der Waals surface area contributed by atoms with Crippen LogP contribution in [0.5, 0.6) is 0 Å². The minimum Gasteiger partial charge on any atom is -0.384 e. The van der Waals surface area contributed by atoms with Crippen molar-refractivity contribution in [1.29, 1.82) is 5.41 Å². The fourth-order valence-corrected chi connectivity index (χ4v) is 2.85. The van der Waals surface area contributed by atoms with Crippen molar-refractivity contribution in [2.75, 3.05) is 6.54 Å². The summed E-state index contributed by atoms with van der Waals surface area (Å²) in [5.74, 6) is 0. The fraction of sp³-hybridized carbons (Fsp3) is 0.227. The zero-order valence-electron chi connectivity index (χ0n) is 14.8. The third-order valence-corrected chi connectivity index (χ3v) is 4.16. The van der Waals surface area contributed by atoms with Crippen LogP contribution >= 0.6 is 0 Å². The van der Waals surface area contributed by atoms with Crippen LogP contribution < -0.4 is 5.32 Å². The molecule has 124 valence electrons. The van der Waals surface area contributed by atoms with Gasteiger partial charge in [-0.2, -0.15) is 0 Å². The first-order valence-electron chi connectivity index (χ1n) is 8.37. The average molecular weight is 318 g/mol. The van der Waals surface area contributed by atoms with Crippen molar-refractivity contribution in [3.05, 3.63) is 77.5 Å². The molecule has 0 fully saturated rings. The van der Waals surface area contributed by atoms with Gasteiger partial charge in [-0.3, -0.25) is 0 Å². The molecule has 0 saturated heterocycles. The summed E-state index contributed by atoms with van der Waals surface area (Å²) in [5.41, 5.74) is 7.95. The van der Waals surface area contributed by atoms with Gasteiger partial charge in [-0.25, -0.2) is 0 Å². The minimum atomic E-state index is 0.705. The van der Waals surface area contributed by atoms with Gasteiger partial charge in [0.2, 0.25) is 0 Å². The molecule has 0 amide bonds. The topological polar surface area (TPSA) is 35.9 Å². The van der Waals surface area contributed by atoms with Crippen LogP contribution in [-0.4, -0.2) is 12.8 Å². The monoisotopic (exact) mass is 318 g/mol. The van der Waals surface area contributed by atoms with Crippen molar-refractivity contribution < 1.29 is 0 Å². The largest absolute Gasteiger partial charge is 0.384 e. The molecule has 24 heavy (non-hydrogen) atoms. The highest BCUT2D eigenvalue weighted by molar-refractivity contribution is 6.10. The molecular weight excluding hydrogens is 292 g/mol. The summed E-state index contributed by atoms with van der Waals surface area (Å²) >= 11 is 0. The normalized spacial score (nSPS) is 11.6. The van der Waals surface area contributed by atoms with Crippen molar-refractivity contribution in [1.82, 2.24) is 5.32 Å². The van der Waals surface area contributed by atoms with E-state index in [4.69, 9.17) is 5.41 Å². The summed E-state index contributed by atoms with van der Waals surface area (Å²) in [6.07, 6.45) is 4.15. The lowest BCUT2D eigenvalue weighted by molar-refractivity contribution is 0.850. The number of hydrogen-bond donors (Lipinski definition) is 2. The van der Waals surface area contributed by atoms with Crippen LogP contribution in [0.15, 0.2) is 60.8 Å². The Balaban J connectivity index is 2.56. The van der Waals surface area contributed by atoms with E-state index in [0.717, 1.165) is 23.3 Å². The van der Waals surface area contributed by atoms with Crippen molar-refractivity contribution in [3.63, 3.8) is 0 Å². The SMILES string of the molecule is C=CCN/C(CC)=C(\C=N)c1cc(-c2cccc(C)c2)ccc1C. The minimum absolute atomic E-state index is 0.705. The maximum Gasteiger partial charge on any atom is 0.0325 e. The predicted molar refractivity (Wildman–Crippen MR) is 106 cm³/mol. The first-order valence-corrected chi connectivity index (χ1v) is 8.37. The fourth-order valence-electron chi connectivity index (χ4n) is 2.85. The number of rotatable bonds is 7. The standard InChI is InChI=1S/C22H26N2/c1-5-12-24-22(6-2)21(15-23)20-14-19(11-10-17(20)4)18-9-7-8-16(3)13-18/h5,7-11,13-15,23-24H,1,6,12H2,2-4H3/b22-21+,23-15?. The Morgan fingerprint density at radius 2 is 1.88 bits per heavy atom. The third kappa shape index (κ3) is 4.02. The number of hydrogen-bond acceptors (Lipinski definition) is 2. The van der Waals surface area contributed by atoms with Gasteiger partial charge in [0.1, 0.15) is 0 Å². The Bertz CT molecular complexity index is 769. The van der Waals surface area contributed by atoms with Gasteiger partial charge in [0.15, 0.2) is 0 Å². The van der Waals surface area contributed by atoms with Gasteiger partial charge in [-0.05, 0) is 48.6 Å². The predicted octanol–water partition coefficient (Wildman–Crippen LogP) is 5.52. The maximum atomic E-state index is 7.92. The molecule has 2 nitrogen and oxygen atoms in total. The van der Waals surface area contributed by atoms with Crippen LogP contribution in [-0.2, 0) is 0 Å². The Morgan fingerprint density at radius 1 is 1.12 bits per heavy atom. The number of benzene rings is 2. The second kappa shape index (κ2) is 8.30. The summed E-state index contributed by atoms with van der Waals surface area (Å²) in [6, 6.07) is 15.0. The van der Waals surface area contributed by atoms with Crippen molar-refractivity contribution in [3.8, 4) is 11.1 Å². The molecule has 0 saturated carbocycles. The highest BCUT2D eigenvalue weighted by Gasteiger charge is 2.10. The van der Waals surface area contributed by atoms with E-state index in [-0.39, 0.29) is 0 Å². The average Bonchev–Trinajstić information content (AvgIpc) is 2.59. The van der Waals surface area contributed by atoms with E-state index in [1.165, 1.54) is 28.5 Å². The van der Waals surface area contributed by atoms with Crippen LogP contribution in [0.4, 0.5) is 0 Å². The molecular formula is C22H26N2. The van der Waals surface area contributed by atoms with E-state index in [1.807, 2.05) is 6.08 Å². The second-order valence-electron chi connectivity index (χ2n) is 5.96. The van der Waals surface area contributed by atoms with Crippen LogP contribution in [0.25, 0.3) is 16.7 Å². The quantitative estimate of drug-likeness (QED) is 0.512. The molecule has 0 aliphatic heterocycles. The molecule has 2 aromatic rings. The lowest BCUT2D eigenvalue weighted by Crippen LogP contribution is -2.15. The molecule has 0 aliphatic rings. The van der Waals surface area contributed by atoms with E-state index in [0.29, 0.717) is 6.54 Å². The zero-order valence-corrected chi connectivity index (χ0v) is 14.8. The molecule has 0 radical (unpaired) electrons. The van der Waals surface area contributed by atoms with Gasteiger partial charge >= 0.3 is 0 Å². The first kappa shape index (κ1) is 17.7. The highest BCUT2D eigenvalue weighted by atomic mass is 14.9. The first-order chi connectivity index (χ1) is 11.6. The summed E-state index contributed by atoms with van der Waals surface area (Å²) < 4.78 is 0. The number of nitrogens with one attached hydrogen (secondary N) is 2. The lowest BCUT2D eigenvalue weighted by Gasteiger charge is -2.16. The molecule has 0 bridgehead atoms. The van der Waals surface area contributed by atoms with Gasteiger partial charge in [-0.15, -0.1) is 6.58 Å². The molecule has 0 aromatic heterocycles. The van der Waals surface area contributed by atoms with Crippen LogP contribution in [0.2, 0.25) is 0 Å². The third-order valence-electron chi connectivity index (χ3n) is 4.16. The smallest absolute Gasteiger partial charge is 0.0325 e. The van der Waals surface area contributed by atoms with Gasteiger partial charge in [0.05, 0.1) is 0 Å². The Hall–Kier alpha value is -2.61. The molecule has 2 rings (SSSR count). The van der Waals surface area contributed by atoms with Crippen molar-refractivity contribution >= 4 is 11.8 Å². The second-order valence-corrected chi connectivity index (χ2v) is 5.96. The summed E-state index contributed by atoms with van der Waals surface area (Å²) in [7, 11) is 0. The molecule has 0 heterocycles. The van der Waals surface area contributed by atoms with E-state index in [1.54, 1.807) is 0 Å². The van der Waals surface area contributed by atoms with Crippen molar-refractivity contribution in [2.24, 2.45) is 0 Å². The Morgan fingerprint density at radius 3 is 2.50 bits per heavy atom. The van der Waals surface area contributed by atoms with Crippen molar-refractivity contribution in [2.45, 2.75) is 27.2 Å². The molecule has 0 spiro atoms. The van der Waals surface area contributed by atoms with Crippen LogP contribution in [0.3, 0.4) is 0 Å². The lowest BCUT2D eigenvalue weighted by atomic mass is 9.93. The Kier molecular flexibility index (Phi) is 6.14. The van der Waals surface area contributed by atoms with E-state index in [9.17, 15) is 0 Å². The summed E-state index contributed by atoms with van der Waals surface area (Å²) in [6.45, 7) is 10.8. The van der Waals surface area contributed by atoms with E-state index < -0.39 is 0 Å². The highest BCUT2D eigenvalue weighted by Crippen LogP contribution is 2.28. The molecule has 0 aliphatic carbocycles. The van der Waals surface area contributed by atoms with Gasteiger partial charge in [0.25, 0.3) is 0 Å². The van der Waals surface area contributed by atoms with Crippen LogP contribution in [0.1, 0.15) is 30.0 Å². The zero-order chi connectivity index (χ0) is 17.5. The molecule has 0 unspecified atom stereocenters. The number of aryl methyl sites for hydroxylation is 2. The van der Waals surface area contributed by atoms with Crippen LogP contribution in [0, 0.1) is 19.3 Å². The number of allylic oxidation sites excluding steroid dienone is 2. The summed E-state index contributed by atoms with van der Waals surface area (Å²) in [5, 5.41) is 11.3. The van der Waals surface area contributed by atoms with Gasteiger partial charge < -0.3 is 10.7 Å².